The molecule has 2 aliphatic heterocycles. The summed E-state index contributed by atoms with van der Waals surface area (Å²) in [5, 5.41) is 54.7. The van der Waals surface area contributed by atoms with Crippen molar-refractivity contribution >= 4 is 43.6 Å². The lowest BCUT2D eigenvalue weighted by Gasteiger charge is -2.22. The van der Waals surface area contributed by atoms with E-state index in [0.29, 0.717) is 11.4 Å². The minimum Gasteiger partial charge on any atom is -0.395 e. The van der Waals surface area contributed by atoms with Crippen molar-refractivity contribution in [2.75, 3.05) is 62.8 Å². The maximum absolute atomic E-state index is 13.5. The van der Waals surface area contributed by atoms with E-state index in [4.69, 9.17) is 0 Å². The van der Waals surface area contributed by atoms with Gasteiger partial charge in [-0.25, -0.2) is 16.8 Å². The number of nitrogens with zero attached hydrogens (tertiary/aromatic N) is 8. The first-order chi connectivity index (χ1) is 19.2. The molecule has 2 aliphatic rings. The monoisotopic (exact) mass is 596 g/mol. The van der Waals surface area contributed by atoms with Gasteiger partial charge in [-0.2, -0.15) is 8.61 Å². The Labute approximate surface area is 230 Å². The Kier molecular flexibility index (Phi) is 9.21. The van der Waals surface area contributed by atoms with Gasteiger partial charge in [-0.15, -0.1) is 10.2 Å². The van der Waals surface area contributed by atoms with Gasteiger partial charge in [0, 0.05) is 26.2 Å². The predicted octanol–water partition coefficient (Wildman–Crippen LogP) is 0.0120. The summed E-state index contributed by atoms with van der Waals surface area (Å²) in [4.78, 5) is -0.351. The van der Waals surface area contributed by atoms with Gasteiger partial charge in [0.25, 0.3) is 0 Å². The number of aliphatic hydroxyl groups is 4. The van der Waals surface area contributed by atoms with Crippen LogP contribution in [0.5, 0.6) is 0 Å². The van der Waals surface area contributed by atoms with E-state index in [1.54, 1.807) is 12.1 Å². The van der Waals surface area contributed by atoms with E-state index >= 15 is 0 Å². The van der Waals surface area contributed by atoms with E-state index in [0.717, 1.165) is 8.61 Å². The normalized spacial score (nSPS) is 14.8. The van der Waals surface area contributed by atoms with Gasteiger partial charge in [-0.1, -0.05) is 24.3 Å². The van der Waals surface area contributed by atoms with Crippen LogP contribution in [0.3, 0.4) is 0 Å². The molecule has 4 rings (SSSR count). The average molecular weight is 597 g/mol. The zero-order valence-corrected chi connectivity index (χ0v) is 22.7. The van der Waals surface area contributed by atoms with E-state index in [9.17, 15) is 37.3 Å². The van der Waals surface area contributed by atoms with Crippen molar-refractivity contribution in [2.45, 2.75) is 9.79 Å². The lowest BCUT2D eigenvalue weighted by atomic mass is 10.1. The van der Waals surface area contributed by atoms with E-state index in [-0.39, 0.29) is 47.1 Å². The summed E-state index contributed by atoms with van der Waals surface area (Å²) in [6.07, 6.45) is 2.84. The predicted molar refractivity (Wildman–Crippen MR) is 142 cm³/mol. The fourth-order valence-corrected chi connectivity index (χ4v) is 7.12. The first-order valence-corrected chi connectivity index (χ1v) is 14.9. The molecule has 0 bridgehead atoms. The Morgan fingerprint density at radius 2 is 0.925 bits per heavy atom. The molecule has 4 N–H and O–H groups in total. The van der Waals surface area contributed by atoms with Crippen LogP contribution in [-0.4, -0.2) is 98.5 Å². The van der Waals surface area contributed by atoms with E-state index < -0.39 is 46.5 Å². The highest BCUT2D eigenvalue weighted by Gasteiger charge is 2.30. The quantitative estimate of drug-likeness (QED) is 0.191. The fourth-order valence-electron chi connectivity index (χ4n) is 3.87. The third kappa shape index (κ3) is 6.50. The number of anilines is 2. The van der Waals surface area contributed by atoms with Crippen molar-refractivity contribution in [1.82, 2.24) is 8.61 Å². The smallest absolute Gasteiger partial charge is 0.243 e. The highest BCUT2D eigenvalue weighted by atomic mass is 32.2. The number of rotatable bonds is 16. The molecule has 18 heteroatoms. The van der Waals surface area contributed by atoms with Crippen LogP contribution in [0.4, 0.5) is 11.4 Å². The van der Waals surface area contributed by atoms with Gasteiger partial charge in [0.2, 0.25) is 20.0 Å². The summed E-state index contributed by atoms with van der Waals surface area (Å²) >= 11 is 0. The SMILES string of the molecule is O=S(=O)(c1cc(N2N=N2)ccc1/C=C/c1ccc(N2N=N2)cc1S(=O)(=O)N(CCO)CCO)N(CCO)CCO. The molecular weight excluding hydrogens is 568 g/mol. The number of hydrogen-bond donors (Lipinski definition) is 4. The molecule has 16 nitrogen and oxygen atoms in total. The minimum atomic E-state index is -4.23. The molecule has 40 heavy (non-hydrogen) atoms. The minimum absolute atomic E-state index is 0.176. The standard InChI is InChI=1S/C22H28N8O8S2/c31-11-7-27(8-12-32)39(35,36)21-15-19(29-23-24-29)5-3-17(21)1-2-18-4-6-20(30-25-26-30)16-22(18)40(37,38)28(9-13-33)10-14-34/h1-6,15-16,31-34H,7-14H2/b2-1+. The first kappa shape index (κ1) is 29.6. The molecule has 2 aromatic rings. The average Bonchev–Trinajstić information content (AvgIpc) is 3.85. The second-order valence-electron chi connectivity index (χ2n) is 8.42. The Morgan fingerprint density at radius 1 is 0.600 bits per heavy atom. The third-order valence-electron chi connectivity index (χ3n) is 5.89. The third-order valence-corrected chi connectivity index (χ3v) is 9.80. The lowest BCUT2D eigenvalue weighted by molar-refractivity contribution is 0.217. The fraction of sp³-hybridized carbons (Fsp3) is 0.364. The van der Waals surface area contributed by atoms with Crippen molar-refractivity contribution in [3.8, 4) is 0 Å². The molecule has 0 saturated carbocycles. The molecule has 0 unspecified atom stereocenters. The van der Waals surface area contributed by atoms with E-state index in [2.05, 4.69) is 20.9 Å². The van der Waals surface area contributed by atoms with Gasteiger partial charge in [0.15, 0.2) is 0 Å². The number of hydrogen-bond acceptors (Lipinski definition) is 14. The van der Waals surface area contributed by atoms with Gasteiger partial charge in [-0.05, 0) is 56.3 Å². The molecule has 0 spiro atoms. The summed E-state index contributed by atoms with van der Waals surface area (Å²) in [7, 11) is -8.45. The maximum atomic E-state index is 13.5. The summed E-state index contributed by atoms with van der Waals surface area (Å²) in [6, 6.07) is 8.83. The van der Waals surface area contributed by atoms with E-state index in [1.165, 1.54) is 46.7 Å². The van der Waals surface area contributed by atoms with E-state index in [1.807, 2.05) is 0 Å². The second-order valence-corrected chi connectivity index (χ2v) is 12.2. The van der Waals surface area contributed by atoms with Gasteiger partial charge < -0.3 is 20.4 Å². The zero-order chi connectivity index (χ0) is 28.9. The Bertz CT molecular complexity index is 1390. The van der Waals surface area contributed by atoms with Crippen LogP contribution in [0, 0.1) is 0 Å². The lowest BCUT2D eigenvalue weighted by Crippen LogP contribution is -2.36. The Morgan fingerprint density at radius 3 is 1.20 bits per heavy atom. The summed E-state index contributed by atoms with van der Waals surface area (Å²) < 4.78 is 56.0. The Hall–Kier alpha value is -3.36. The molecule has 216 valence electrons. The van der Waals surface area contributed by atoms with Crippen LogP contribution in [-0.2, 0) is 20.0 Å². The largest absolute Gasteiger partial charge is 0.395 e. The van der Waals surface area contributed by atoms with Crippen molar-refractivity contribution in [3.63, 3.8) is 0 Å². The summed E-state index contributed by atoms with van der Waals surface area (Å²) in [5.41, 5.74) is 1.12. The molecular formula is C22H28N8O8S2. The topological polar surface area (TPSA) is 211 Å². The second kappa shape index (κ2) is 12.4. The molecule has 2 heterocycles. The van der Waals surface area contributed by atoms with Crippen LogP contribution < -0.4 is 10.2 Å². The molecule has 0 atom stereocenters. The van der Waals surface area contributed by atoms with Crippen LogP contribution in [0.25, 0.3) is 12.2 Å². The van der Waals surface area contributed by atoms with Crippen LogP contribution in [0.15, 0.2) is 67.1 Å². The van der Waals surface area contributed by atoms with Gasteiger partial charge >= 0.3 is 0 Å². The highest BCUT2D eigenvalue weighted by molar-refractivity contribution is 7.89. The molecule has 0 radical (unpaired) electrons. The van der Waals surface area contributed by atoms with Crippen LogP contribution in [0.1, 0.15) is 11.1 Å². The van der Waals surface area contributed by atoms with Gasteiger partial charge in [0.1, 0.15) is 0 Å². The summed E-state index contributed by atoms with van der Waals surface area (Å²) in [5.74, 6) is 0. The highest BCUT2D eigenvalue weighted by Crippen LogP contribution is 2.33. The van der Waals surface area contributed by atoms with Crippen molar-refractivity contribution in [2.24, 2.45) is 20.9 Å². The van der Waals surface area contributed by atoms with Crippen LogP contribution in [0.2, 0.25) is 0 Å². The number of sulfonamides is 2. The molecule has 0 fully saturated rings. The maximum Gasteiger partial charge on any atom is 0.243 e. The molecule has 0 aliphatic carbocycles. The van der Waals surface area contributed by atoms with Crippen LogP contribution >= 0.6 is 0 Å². The zero-order valence-electron chi connectivity index (χ0n) is 21.1. The summed E-state index contributed by atoms with van der Waals surface area (Å²) in [6.45, 7) is -2.89. The Balaban J connectivity index is 1.79. The number of aliphatic hydroxyl groups excluding tert-OH is 4. The molecule has 2 aromatic carbocycles. The van der Waals surface area contributed by atoms with Gasteiger partial charge in [0.05, 0.1) is 47.6 Å². The molecule has 0 saturated heterocycles. The molecule has 0 amide bonds. The molecule has 0 aromatic heterocycles. The van der Waals surface area contributed by atoms with Crippen molar-refractivity contribution < 1.29 is 37.3 Å². The van der Waals surface area contributed by atoms with Crippen molar-refractivity contribution in [3.05, 3.63) is 47.5 Å². The first-order valence-electron chi connectivity index (χ1n) is 12.0. The number of benzene rings is 2. The van der Waals surface area contributed by atoms with Gasteiger partial charge in [-0.3, -0.25) is 0 Å². The van der Waals surface area contributed by atoms with Crippen molar-refractivity contribution in [1.29, 1.82) is 0 Å².